The summed E-state index contributed by atoms with van der Waals surface area (Å²) < 4.78 is 0. The maximum Gasteiger partial charge on any atom is 0.162 e. The van der Waals surface area contributed by atoms with Gasteiger partial charge >= 0.3 is 0 Å². The molecule has 1 fully saturated rings. The first kappa shape index (κ1) is 13.4. The molecule has 1 aliphatic rings. The van der Waals surface area contributed by atoms with Crippen LogP contribution in [0.2, 0.25) is 13.1 Å². The van der Waals surface area contributed by atoms with E-state index in [1.54, 1.807) is 0 Å². The van der Waals surface area contributed by atoms with Crippen LogP contribution in [0.4, 0.5) is 0 Å². The lowest BCUT2D eigenvalue weighted by molar-refractivity contribution is 0.348. The third kappa shape index (κ3) is 2.70. The summed E-state index contributed by atoms with van der Waals surface area (Å²) in [6, 6.07) is 10.8. The van der Waals surface area contributed by atoms with Gasteiger partial charge in [0.15, 0.2) is 8.07 Å². The molecule has 1 aromatic carbocycles. The Hall–Kier alpha value is -1.00. The summed E-state index contributed by atoms with van der Waals surface area (Å²) in [7, 11) is -1.58. The molecule has 2 rings (SSSR count). The number of benzene rings is 1. The summed E-state index contributed by atoms with van der Waals surface area (Å²) in [5.74, 6) is 4.41. The van der Waals surface area contributed by atoms with Gasteiger partial charge in [-0.3, -0.25) is 0 Å². The van der Waals surface area contributed by atoms with Crippen LogP contribution in [-0.2, 0) is 0 Å². The Balaban J connectivity index is 2.24. The van der Waals surface area contributed by atoms with Gasteiger partial charge in [0.25, 0.3) is 0 Å². The summed E-state index contributed by atoms with van der Waals surface area (Å²) in [5.41, 5.74) is 3.94. The first-order valence-electron chi connectivity index (χ1n) is 7.04. The van der Waals surface area contributed by atoms with Gasteiger partial charge in [0.1, 0.15) is 0 Å². The largest absolute Gasteiger partial charge is 0.162 e. The van der Waals surface area contributed by atoms with E-state index < -0.39 is 8.07 Å². The summed E-state index contributed by atoms with van der Waals surface area (Å²) in [6.45, 7) is 9.43. The molecule has 0 spiro atoms. The Labute approximate surface area is 113 Å². The highest BCUT2D eigenvalue weighted by atomic mass is 28.3. The lowest BCUT2D eigenvalue weighted by Crippen LogP contribution is -2.40. The smallest absolute Gasteiger partial charge is 0.126 e. The standard InChI is InChI=1S/C17H24Si/c1-15-9-8-12-17(15,2)13-14-18(3,4)16-10-6-5-7-11-16/h5-7,10-11,15H,8-9,12H2,1-4H3/t15-,17-/m1/s1. The Bertz CT molecular complexity index is 463. The van der Waals surface area contributed by atoms with Gasteiger partial charge in [-0.25, -0.2) is 0 Å². The maximum atomic E-state index is 3.68. The second-order valence-corrected chi connectivity index (χ2v) is 10.5. The second-order valence-electron chi connectivity index (χ2n) is 6.45. The van der Waals surface area contributed by atoms with Crippen molar-refractivity contribution in [2.24, 2.45) is 11.3 Å². The van der Waals surface area contributed by atoms with E-state index >= 15 is 0 Å². The fraction of sp³-hybridized carbons (Fsp3) is 0.529. The third-order valence-corrected chi connectivity index (χ3v) is 7.10. The molecule has 0 heterocycles. The molecule has 1 aliphatic carbocycles. The van der Waals surface area contributed by atoms with Gasteiger partial charge in [-0.05, 0) is 30.9 Å². The molecule has 18 heavy (non-hydrogen) atoms. The summed E-state index contributed by atoms with van der Waals surface area (Å²) >= 11 is 0. The van der Waals surface area contributed by atoms with Crippen molar-refractivity contribution in [3.8, 4) is 11.5 Å². The van der Waals surface area contributed by atoms with Crippen LogP contribution in [0.3, 0.4) is 0 Å². The van der Waals surface area contributed by atoms with Crippen LogP contribution in [0.1, 0.15) is 33.1 Å². The fourth-order valence-corrected chi connectivity index (χ4v) is 4.52. The lowest BCUT2D eigenvalue weighted by Gasteiger charge is -2.24. The molecule has 0 radical (unpaired) electrons. The average Bonchev–Trinajstić information content (AvgIpc) is 2.69. The zero-order valence-corrected chi connectivity index (χ0v) is 13.1. The normalized spacial score (nSPS) is 27.7. The van der Waals surface area contributed by atoms with Crippen molar-refractivity contribution < 1.29 is 0 Å². The van der Waals surface area contributed by atoms with E-state index in [1.165, 1.54) is 24.4 Å². The van der Waals surface area contributed by atoms with Crippen molar-refractivity contribution in [2.45, 2.75) is 46.2 Å². The minimum Gasteiger partial charge on any atom is -0.126 e. The van der Waals surface area contributed by atoms with Gasteiger partial charge in [0.05, 0.1) is 0 Å². The molecule has 1 heteroatoms. The molecule has 0 unspecified atom stereocenters. The van der Waals surface area contributed by atoms with Crippen molar-refractivity contribution in [3.63, 3.8) is 0 Å². The monoisotopic (exact) mass is 256 g/mol. The molecule has 2 atom stereocenters. The van der Waals surface area contributed by atoms with Crippen LogP contribution in [0.25, 0.3) is 0 Å². The van der Waals surface area contributed by atoms with E-state index in [9.17, 15) is 0 Å². The number of rotatable bonds is 1. The van der Waals surface area contributed by atoms with Gasteiger partial charge in [0.2, 0.25) is 0 Å². The molecule has 0 amide bonds. The molecule has 96 valence electrons. The molecular formula is C17H24Si. The van der Waals surface area contributed by atoms with Gasteiger partial charge in [0, 0.05) is 5.41 Å². The minimum atomic E-state index is -1.58. The quantitative estimate of drug-likeness (QED) is 0.527. The summed E-state index contributed by atoms with van der Waals surface area (Å²) in [6.07, 6.45) is 3.97. The highest BCUT2D eigenvalue weighted by Gasteiger charge is 2.34. The summed E-state index contributed by atoms with van der Waals surface area (Å²) in [5, 5.41) is 1.45. The van der Waals surface area contributed by atoms with Gasteiger partial charge in [-0.2, -0.15) is 0 Å². The van der Waals surface area contributed by atoms with Gasteiger partial charge < -0.3 is 0 Å². The SMILES string of the molecule is C[C@@H]1CCC[C@]1(C)C#C[Si](C)(C)c1ccccc1. The molecule has 0 aliphatic heterocycles. The third-order valence-electron chi connectivity index (χ3n) is 4.58. The zero-order chi connectivity index (χ0) is 13.2. The Kier molecular flexibility index (Phi) is 3.68. The highest BCUT2D eigenvalue weighted by Crippen LogP contribution is 2.42. The molecule has 0 N–H and O–H groups in total. The first-order valence-corrected chi connectivity index (χ1v) is 10.0. The average molecular weight is 256 g/mol. The molecule has 1 saturated carbocycles. The van der Waals surface area contributed by atoms with Crippen molar-refractivity contribution in [2.75, 3.05) is 0 Å². The van der Waals surface area contributed by atoms with Gasteiger partial charge in [-0.15, -0.1) is 11.5 Å². The molecule has 0 bridgehead atoms. The van der Waals surface area contributed by atoms with E-state index in [4.69, 9.17) is 0 Å². The zero-order valence-electron chi connectivity index (χ0n) is 12.1. The van der Waals surface area contributed by atoms with Crippen LogP contribution in [0, 0.1) is 22.8 Å². The Morgan fingerprint density at radius 2 is 1.89 bits per heavy atom. The van der Waals surface area contributed by atoms with E-state index in [1.807, 2.05) is 0 Å². The van der Waals surface area contributed by atoms with Crippen LogP contribution >= 0.6 is 0 Å². The molecule has 0 saturated heterocycles. The molecule has 0 aromatic heterocycles. The first-order chi connectivity index (χ1) is 8.44. The molecule has 1 aromatic rings. The van der Waals surface area contributed by atoms with Crippen molar-refractivity contribution in [1.82, 2.24) is 0 Å². The second kappa shape index (κ2) is 4.94. The topological polar surface area (TPSA) is 0 Å². The van der Waals surface area contributed by atoms with E-state index in [0.717, 1.165) is 5.92 Å². The van der Waals surface area contributed by atoms with E-state index in [2.05, 4.69) is 68.7 Å². The fourth-order valence-electron chi connectivity index (χ4n) is 2.75. The highest BCUT2D eigenvalue weighted by molar-refractivity contribution is 6.96. The molecule has 0 nitrogen and oxygen atoms in total. The predicted molar refractivity (Wildman–Crippen MR) is 82.5 cm³/mol. The van der Waals surface area contributed by atoms with Crippen molar-refractivity contribution in [3.05, 3.63) is 30.3 Å². The Morgan fingerprint density at radius 3 is 2.44 bits per heavy atom. The van der Waals surface area contributed by atoms with E-state index in [-0.39, 0.29) is 5.41 Å². The van der Waals surface area contributed by atoms with Crippen molar-refractivity contribution in [1.29, 1.82) is 0 Å². The predicted octanol–water partition coefficient (Wildman–Crippen LogP) is 3.97. The van der Waals surface area contributed by atoms with Crippen LogP contribution < -0.4 is 5.19 Å². The van der Waals surface area contributed by atoms with Crippen LogP contribution in [0.15, 0.2) is 30.3 Å². The van der Waals surface area contributed by atoms with E-state index in [0.29, 0.717) is 0 Å². The van der Waals surface area contributed by atoms with Crippen LogP contribution in [-0.4, -0.2) is 8.07 Å². The lowest BCUT2D eigenvalue weighted by atomic mass is 9.82. The van der Waals surface area contributed by atoms with Crippen molar-refractivity contribution >= 4 is 13.3 Å². The number of hydrogen-bond acceptors (Lipinski definition) is 0. The van der Waals surface area contributed by atoms with Gasteiger partial charge in [-0.1, -0.05) is 56.8 Å². The maximum absolute atomic E-state index is 3.68. The molecular weight excluding hydrogens is 232 g/mol. The van der Waals surface area contributed by atoms with Crippen LogP contribution in [0.5, 0.6) is 0 Å². The summed E-state index contributed by atoms with van der Waals surface area (Å²) in [4.78, 5) is 0. The minimum absolute atomic E-state index is 0.263. The Morgan fingerprint density at radius 1 is 1.22 bits per heavy atom. The number of hydrogen-bond donors (Lipinski definition) is 0.